The normalized spacial score (nSPS) is 11.5. The van der Waals surface area contributed by atoms with E-state index in [0.29, 0.717) is 0 Å². The van der Waals surface area contributed by atoms with Crippen LogP contribution in [0.25, 0.3) is 98.8 Å². The number of hydrogen-bond acceptors (Lipinski definition) is 2. The van der Waals surface area contributed by atoms with Gasteiger partial charge in [0.2, 0.25) is 0 Å². The molecule has 290 valence electrons. The quantitative estimate of drug-likeness (QED) is 0.160. The molecule has 2 heteroatoms. The fraction of sp³-hybridized carbons (Fsp3) is 0. The smallest absolute Gasteiger partial charge is 0.160 e. The first-order valence-electron chi connectivity index (χ1n) is 21.2. The molecule has 0 radical (unpaired) electrons. The maximum Gasteiger partial charge on any atom is 0.160 e. The fourth-order valence-electron chi connectivity index (χ4n) is 9.38. The summed E-state index contributed by atoms with van der Waals surface area (Å²) in [7, 11) is 0. The molecule has 0 aliphatic heterocycles. The van der Waals surface area contributed by atoms with Gasteiger partial charge in [0.05, 0.1) is 5.69 Å². The molecule has 0 saturated heterocycles. The van der Waals surface area contributed by atoms with Crippen molar-refractivity contribution in [3.63, 3.8) is 0 Å². The largest absolute Gasteiger partial charge is 0.453 e. The van der Waals surface area contributed by atoms with Gasteiger partial charge in [-0.25, -0.2) is 0 Å². The number of furan rings is 1. The first-order valence-corrected chi connectivity index (χ1v) is 21.2. The second-order valence-corrected chi connectivity index (χ2v) is 16.1. The molecule has 11 aromatic carbocycles. The lowest BCUT2D eigenvalue weighted by atomic mass is 9.94. The molecule has 0 aliphatic rings. The Bertz CT molecular complexity index is 3610. The van der Waals surface area contributed by atoms with Gasteiger partial charge in [0.25, 0.3) is 0 Å². The van der Waals surface area contributed by atoms with Crippen molar-refractivity contribution >= 4 is 71.3 Å². The molecule has 0 fully saturated rings. The van der Waals surface area contributed by atoms with Crippen LogP contribution < -0.4 is 4.90 Å². The van der Waals surface area contributed by atoms with E-state index in [-0.39, 0.29) is 0 Å². The Morgan fingerprint density at radius 2 is 0.790 bits per heavy atom. The second-order valence-electron chi connectivity index (χ2n) is 16.1. The molecular weight excluding hydrogens is 751 g/mol. The monoisotopic (exact) mass is 789 g/mol. The maximum absolute atomic E-state index is 7.15. The van der Waals surface area contributed by atoms with E-state index in [9.17, 15) is 0 Å². The van der Waals surface area contributed by atoms with E-state index in [2.05, 4.69) is 241 Å². The average molecular weight is 790 g/mol. The van der Waals surface area contributed by atoms with Crippen LogP contribution in [0.4, 0.5) is 17.1 Å². The Balaban J connectivity index is 1.00. The van der Waals surface area contributed by atoms with Gasteiger partial charge >= 0.3 is 0 Å². The molecular formula is C60H39NO. The third kappa shape index (κ3) is 6.12. The van der Waals surface area contributed by atoms with Gasteiger partial charge in [-0.1, -0.05) is 194 Å². The standard InChI is InChI=1S/C60H39NO/c1-3-13-40(14-4-1)42-27-32-50(33-28-42)61(57-39-48-19-9-10-21-54(48)58-56-24-12-23-55(59(56)62-60(57)58)44-16-5-2-6-17-44)51-34-29-43(30-35-51)46-31-36-53-47(38-46)20-11-22-52(53)49-26-25-41-15-7-8-18-45(41)37-49/h1-39H. The molecule has 62 heavy (non-hydrogen) atoms. The highest BCUT2D eigenvalue weighted by Crippen LogP contribution is 2.47. The highest BCUT2D eigenvalue weighted by molar-refractivity contribution is 6.24. The van der Waals surface area contributed by atoms with Crippen molar-refractivity contribution in [1.29, 1.82) is 0 Å². The molecule has 0 amide bonds. The van der Waals surface area contributed by atoms with Crippen LogP contribution in [-0.4, -0.2) is 0 Å². The third-order valence-corrected chi connectivity index (χ3v) is 12.4. The Morgan fingerprint density at radius 3 is 1.55 bits per heavy atom. The van der Waals surface area contributed by atoms with Crippen molar-refractivity contribution in [2.75, 3.05) is 4.90 Å². The SMILES string of the molecule is c1ccc(-c2ccc(N(c3ccc(-c4ccc5c(-c6ccc7ccccc7c6)cccc5c4)cc3)c3cc4ccccc4c4c3oc3c(-c5ccccc5)cccc34)cc2)cc1. The van der Waals surface area contributed by atoms with Crippen LogP contribution in [0.1, 0.15) is 0 Å². The van der Waals surface area contributed by atoms with Gasteiger partial charge in [0, 0.05) is 27.7 Å². The maximum atomic E-state index is 7.15. The van der Waals surface area contributed by atoms with E-state index >= 15 is 0 Å². The molecule has 2 nitrogen and oxygen atoms in total. The summed E-state index contributed by atoms with van der Waals surface area (Å²) in [5, 5.41) is 9.52. The molecule has 0 atom stereocenters. The van der Waals surface area contributed by atoms with E-state index in [4.69, 9.17) is 4.42 Å². The summed E-state index contributed by atoms with van der Waals surface area (Å²) < 4.78 is 7.15. The van der Waals surface area contributed by atoms with Crippen LogP contribution in [0.5, 0.6) is 0 Å². The summed E-state index contributed by atoms with van der Waals surface area (Å²) >= 11 is 0. The van der Waals surface area contributed by atoms with Crippen molar-refractivity contribution < 1.29 is 4.42 Å². The Morgan fingerprint density at radius 1 is 0.274 bits per heavy atom. The minimum absolute atomic E-state index is 0.857. The molecule has 1 heterocycles. The second kappa shape index (κ2) is 14.8. The zero-order chi connectivity index (χ0) is 41.0. The van der Waals surface area contributed by atoms with Crippen LogP contribution in [0.2, 0.25) is 0 Å². The van der Waals surface area contributed by atoms with Crippen LogP contribution >= 0.6 is 0 Å². The molecule has 1 aromatic heterocycles. The number of fused-ring (bicyclic) bond motifs is 7. The number of benzene rings is 11. The lowest BCUT2D eigenvalue weighted by Gasteiger charge is -2.26. The van der Waals surface area contributed by atoms with E-state index in [1.165, 1.54) is 54.7 Å². The number of nitrogens with zero attached hydrogens (tertiary/aromatic N) is 1. The molecule has 0 bridgehead atoms. The van der Waals surface area contributed by atoms with Crippen molar-refractivity contribution in [3.05, 3.63) is 237 Å². The summed E-state index contributed by atoms with van der Waals surface area (Å²) in [6, 6.07) is 85.3. The van der Waals surface area contributed by atoms with Crippen molar-refractivity contribution in [3.8, 4) is 44.5 Å². The van der Waals surface area contributed by atoms with Gasteiger partial charge in [-0.15, -0.1) is 0 Å². The first-order chi connectivity index (χ1) is 30.7. The van der Waals surface area contributed by atoms with Gasteiger partial charge in [-0.05, 0) is 114 Å². The van der Waals surface area contributed by atoms with Gasteiger partial charge < -0.3 is 9.32 Å². The van der Waals surface area contributed by atoms with Crippen molar-refractivity contribution in [2.45, 2.75) is 0 Å². The van der Waals surface area contributed by atoms with Crippen molar-refractivity contribution in [2.24, 2.45) is 0 Å². The third-order valence-electron chi connectivity index (χ3n) is 12.4. The fourth-order valence-corrected chi connectivity index (χ4v) is 9.38. The molecule has 12 rings (SSSR count). The summed E-state index contributed by atoms with van der Waals surface area (Å²) in [6.45, 7) is 0. The number of para-hydroxylation sites is 1. The van der Waals surface area contributed by atoms with E-state index in [1.54, 1.807) is 0 Å². The minimum atomic E-state index is 0.857. The van der Waals surface area contributed by atoms with E-state index < -0.39 is 0 Å². The molecule has 0 spiro atoms. The molecule has 12 aromatic rings. The average Bonchev–Trinajstić information content (AvgIpc) is 3.75. The van der Waals surface area contributed by atoms with Crippen LogP contribution in [0, 0.1) is 0 Å². The van der Waals surface area contributed by atoms with E-state index in [1.807, 2.05) is 0 Å². The topological polar surface area (TPSA) is 16.4 Å². The summed E-state index contributed by atoms with van der Waals surface area (Å²) in [5.74, 6) is 0. The summed E-state index contributed by atoms with van der Waals surface area (Å²) in [5.41, 5.74) is 14.2. The van der Waals surface area contributed by atoms with Crippen molar-refractivity contribution in [1.82, 2.24) is 0 Å². The first kappa shape index (κ1) is 35.7. The molecule has 0 N–H and O–H groups in total. The lowest BCUT2D eigenvalue weighted by Crippen LogP contribution is -2.10. The Hall–Kier alpha value is -8.20. The van der Waals surface area contributed by atoms with Crippen LogP contribution in [0.3, 0.4) is 0 Å². The Kier molecular flexibility index (Phi) is 8.53. The van der Waals surface area contributed by atoms with Crippen LogP contribution in [-0.2, 0) is 0 Å². The molecule has 0 saturated carbocycles. The van der Waals surface area contributed by atoms with Gasteiger partial charge in [0.15, 0.2) is 5.58 Å². The van der Waals surface area contributed by atoms with E-state index in [0.717, 1.165) is 61.1 Å². The highest BCUT2D eigenvalue weighted by atomic mass is 16.3. The predicted octanol–water partition coefficient (Wildman–Crippen LogP) is 17.2. The Labute approximate surface area is 360 Å². The summed E-state index contributed by atoms with van der Waals surface area (Å²) in [4.78, 5) is 2.36. The molecule has 0 aliphatic carbocycles. The number of anilines is 3. The lowest BCUT2D eigenvalue weighted by molar-refractivity contribution is 0.670. The summed E-state index contributed by atoms with van der Waals surface area (Å²) in [6.07, 6.45) is 0. The van der Waals surface area contributed by atoms with Gasteiger partial charge in [-0.3, -0.25) is 0 Å². The molecule has 0 unspecified atom stereocenters. The number of rotatable bonds is 7. The minimum Gasteiger partial charge on any atom is -0.453 e. The predicted molar refractivity (Wildman–Crippen MR) is 263 cm³/mol. The number of hydrogen-bond donors (Lipinski definition) is 0. The van der Waals surface area contributed by atoms with Gasteiger partial charge in [0.1, 0.15) is 5.58 Å². The zero-order valence-corrected chi connectivity index (χ0v) is 33.9. The zero-order valence-electron chi connectivity index (χ0n) is 33.9. The van der Waals surface area contributed by atoms with Crippen LogP contribution in [0.15, 0.2) is 241 Å². The highest BCUT2D eigenvalue weighted by Gasteiger charge is 2.23. The van der Waals surface area contributed by atoms with Gasteiger partial charge in [-0.2, -0.15) is 0 Å².